The van der Waals surface area contributed by atoms with Crippen molar-refractivity contribution in [2.75, 3.05) is 6.61 Å². The van der Waals surface area contributed by atoms with Crippen LogP contribution in [0.2, 0.25) is 0 Å². The number of aliphatic hydroxyl groups is 1. The summed E-state index contributed by atoms with van der Waals surface area (Å²) in [5, 5.41) is 8.80. The summed E-state index contributed by atoms with van der Waals surface area (Å²) in [7, 11) is 0. The minimum Gasteiger partial charge on any atom is -0.396 e. The molecule has 0 aromatic carbocycles. The molecule has 0 atom stereocenters. The van der Waals surface area contributed by atoms with Crippen LogP contribution in [0.5, 0.6) is 0 Å². The average Bonchev–Trinajstić information content (AvgIpc) is 2.52. The third kappa shape index (κ3) is 8.87. The van der Waals surface area contributed by atoms with Crippen LogP contribution in [0.4, 0.5) is 0 Å². The first-order chi connectivity index (χ1) is 10.4. The molecule has 1 heterocycles. The zero-order chi connectivity index (χ0) is 15.2. The second kappa shape index (κ2) is 12.8. The van der Waals surface area contributed by atoms with E-state index < -0.39 is 0 Å². The fraction of sp³-hybridized carbons (Fsp3) is 0.737. The number of aromatic nitrogens is 1. The van der Waals surface area contributed by atoms with E-state index in [1.165, 1.54) is 63.5 Å². The van der Waals surface area contributed by atoms with Crippen LogP contribution in [0.3, 0.4) is 0 Å². The molecule has 2 nitrogen and oxygen atoms in total. The third-order valence-corrected chi connectivity index (χ3v) is 4.13. The molecule has 0 fully saturated rings. The van der Waals surface area contributed by atoms with Crippen LogP contribution >= 0.6 is 0 Å². The van der Waals surface area contributed by atoms with Crippen LogP contribution < -0.4 is 4.57 Å². The first kappa shape index (κ1) is 18.2. The number of pyridine rings is 1. The molecule has 120 valence electrons. The lowest BCUT2D eigenvalue weighted by atomic mass is 10.1. The van der Waals surface area contributed by atoms with Crippen LogP contribution in [0.1, 0.15) is 76.8 Å². The SMILES string of the molecule is CCCCCCCCc1cccc[n+]1CCCCCCO. The predicted molar refractivity (Wildman–Crippen MR) is 89.3 cm³/mol. The van der Waals surface area contributed by atoms with Gasteiger partial charge >= 0.3 is 0 Å². The lowest BCUT2D eigenvalue weighted by molar-refractivity contribution is -0.704. The topological polar surface area (TPSA) is 24.1 Å². The summed E-state index contributed by atoms with van der Waals surface area (Å²) in [5.74, 6) is 0. The van der Waals surface area contributed by atoms with E-state index >= 15 is 0 Å². The van der Waals surface area contributed by atoms with Crippen LogP contribution in [0.25, 0.3) is 0 Å². The summed E-state index contributed by atoms with van der Waals surface area (Å²) in [6.45, 7) is 3.73. The number of aliphatic hydroxyl groups excluding tert-OH is 1. The van der Waals surface area contributed by atoms with Crippen LogP contribution in [0.15, 0.2) is 24.4 Å². The van der Waals surface area contributed by atoms with Crippen LogP contribution in [-0.2, 0) is 13.0 Å². The van der Waals surface area contributed by atoms with E-state index in [1.807, 2.05) is 0 Å². The van der Waals surface area contributed by atoms with Crippen molar-refractivity contribution in [3.63, 3.8) is 0 Å². The lowest BCUT2D eigenvalue weighted by Crippen LogP contribution is -2.37. The van der Waals surface area contributed by atoms with Gasteiger partial charge in [0.1, 0.15) is 6.54 Å². The molecule has 1 aromatic heterocycles. The monoisotopic (exact) mass is 292 g/mol. The number of hydrogen-bond donors (Lipinski definition) is 1. The summed E-state index contributed by atoms with van der Waals surface area (Å²) in [6.07, 6.45) is 16.2. The second-order valence-electron chi connectivity index (χ2n) is 6.04. The lowest BCUT2D eigenvalue weighted by Gasteiger charge is -2.04. The van der Waals surface area contributed by atoms with Crippen molar-refractivity contribution >= 4 is 0 Å². The maximum Gasteiger partial charge on any atom is 0.181 e. The Morgan fingerprint density at radius 3 is 2.38 bits per heavy atom. The van der Waals surface area contributed by atoms with E-state index in [1.54, 1.807) is 0 Å². The maximum absolute atomic E-state index is 8.80. The van der Waals surface area contributed by atoms with Gasteiger partial charge in [-0.25, -0.2) is 4.57 Å². The van der Waals surface area contributed by atoms with Crippen molar-refractivity contribution in [3.05, 3.63) is 30.1 Å². The van der Waals surface area contributed by atoms with Gasteiger partial charge in [-0.3, -0.25) is 0 Å². The van der Waals surface area contributed by atoms with Crippen molar-refractivity contribution < 1.29 is 9.67 Å². The Morgan fingerprint density at radius 1 is 0.857 bits per heavy atom. The Bertz CT molecular complexity index is 351. The van der Waals surface area contributed by atoms with Gasteiger partial charge in [-0.15, -0.1) is 0 Å². The molecule has 0 unspecified atom stereocenters. The highest BCUT2D eigenvalue weighted by Crippen LogP contribution is 2.08. The summed E-state index contributed by atoms with van der Waals surface area (Å²) >= 11 is 0. The smallest absolute Gasteiger partial charge is 0.181 e. The molecule has 0 amide bonds. The zero-order valence-corrected chi connectivity index (χ0v) is 13.9. The van der Waals surface area contributed by atoms with Gasteiger partial charge in [0.25, 0.3) is 0 Å². The molecule has 0 spiro atoms. The van der Waals surface area contributed by atoms with Gasteiger partial charge in [-0.05, 0) is 19.3 Å². The van der Waals surface area contributed by atoms with Crippen molar-refractivity contribution in [1.29, 1.82) is 0 Å². The largest absolute Gasteiger partial charge is 0.396 e. The molecule has 2 heteroatoms. The Labute approximate surface area is 131 Å². The molecule has 1 N–H and O–H groups in total. The van der Waals surface area contributed by atoms with E-state index in [2.05, 4.69) is 35.9 Å². The number of unbranched alkanes of at least 4 members (excludes halogenated alkanes) is 8. The first-order valence-electron chi connectivity index (χ1n) is 8.96. The quantitative estimate of drug-likeness (QED) is 0.422. The van der Waals surface area contributed by atoms with E-state index in [-0.39, 0.29) is 0 Å². The van der Waals surface area contributed by atoms with Gasteiger partial charge in [0.05, 0.1) is 0 Å². The Balaban J connectivity index is 2.23. The van der Waals surface area contributed by atoms with Crippen molar-refractivity contribution in [2.24, 2.45) is 0 Å². The van der Waals surface area contributed by atoms with Gasteiger partial charge in [0, 0.05) is 31.6 Å². The first-order valence-corrected chi connectivity index (χ1v) is 8.96. The number of hydrogen-bond acceptors (Lipinski definition) is 1. The molecule has 1 rings (SSSR count). The van der Waals surface area contributed by atoms with Gasteiger partial charge in [-0.2, -0.15) is 0 Å². The molecule has 0 bridgehead atoms. The molecule has 1 aromatic rings. The Hall–Kier alpha value is -0.890. The van der Waals surface area contributed by atoms with Gasteiger partial charge in [0.15, 0.2) is 11.9 Å². The van der Waals surface area contributed by atoms with E-state index in [9.17, 15) is 0 Å². The molecular formula is C19H34NO+. The number of nitrogens with zero attached hydrogens (tertiary/aromatic N) is 1. The maximum atomic E-state index is 8.80. The summed E-state index contributed by atoms with van der Waals surface area (Å²) in [4.78, 5) is 0. The molecule has 0 radical (unpaired) electrons. The van der Waals surface area contributed by atoms with E-state index in [0.717, 1.165) is 19.4 Å². The van der Waals surface area contributed by atoms with Crippen molar-refractivity contribution in [3.8, 4) is 0 Å². The fourth-order valence-electron chi connectivity index (χ4n) is 2.79. The third-order valence-electron chi connectivity index (χ3n) is 4.13. The molecule has 0 saturated heterocycles. The highest BCUT2D eigenvalue weighted by Gasteiger charge is 2.08. The van der Waals surface area contributed by atoms with Gasteiger partial charge in [0.2, 0.25) is 0 Å². The Kier molecular flexibility index (Phi) is 11.1. The molecule has 0 saturated carbocycles. The Morgan fingerprint density at radius 2 is 1.57 bits per heavy atom. The normalized spacial score (nSPS) is 11.0. The van der Waals surface area contributed by atoms with E-state index in [0.29, 0.717) is 6.61 Å². The minimum atomic E-state index is 0.335. The molecule has 0 aliphatic carbocycles. The highest BCUT2D eigenvalue weighted by atomic mass is 16.2. The van der Waals surface area contributed by atoms with E-state index in [4.69, 9.17) is 5.11 Å². The molecule has 0 aliphatic rings. The van der Waals surface area contributed by atoms with Crippen molar-refractivity contribution in [1.82, 2.24) is 0 Å². The number of aryl methyl sites for hydroxylation is 2. The fourth-order valence-corrected chi connectivity index (χ4v) is 2.79. The number of rotatable bonds is 13. The van der Waals surface area contributed by atoms with Crippen LogP contribution in [-0.4, -0.2) is 11.7 Å². The van der Waals surface area contributed by atoms with Crippen LogP contribution in [0, 0.1) is 0 Å². The van der Waals surface area contributed by atoms with Gasteiger partial charge < -0.3 is 5.11 Å². The summed E-state index contributed by atoms with van der Waals surface area (Å²) in [6, 6.07) is 6.58. The summed E-state index contributed by atoms with van der Waals surface area (Å²) in [5.41, 5.74) is 1.48. The average molecular weight is 292 g/mol. The van der Waals surface area contributed by atoms with Crippen molar-refractivity contribution in [2.45, 2.75) is 84.1 Å². The molecule has 0 aliphatic heterocycles. The predicted octanol–water partition coefficient (Wildman–Crippen LogP) is 4.43. The summed E-state index contributed by atoms with van der Waals surface area (Å²) < 4.78 is 2.42. The van der Waals surface area contributed by atoms with Gasteiger partial charge in [-0.1, -0.05) is 51.5 Å². The molecule has 21 heavy (non-hydrogen) atoms. The molecular weight excluding hydrogens is 258 g/mol. The highest BCUT2D eigenvalue weighted by molar-refractivity contribution is 4.97. The minimum absolute atomic E-state index is 0.335. The standard InChI is InChI=1S/C19H34NO/c1-2-3-4-5-6-9-14-19-15-10-12-17-20(19)16-11-7-8-13-18-21/h10,12,15,17,21H,2-9,11,13-14,16,18H2,1H3/q+1. The second-order valence-corrected chi connectivity index (χ2v) is 6.04. The zero-order valence-electron chi connectivity index (χ0n) is 13.9.